The summed E-state index contributed by atoms with van der Waals surface area (Å²) in [5, 5.41) is 1.35. The van der Waals surface area contributed by atoms with Crippen molar-refractivity contribution in [3.8, 4) is 11.5 Å². The molecule has 0 aliphatic heterocycles. The third-order valence-corrected chi connectivity index (χ3v) is 3.53. The summed E-state index contributed by atoms with van der Waals surface area (Å²) in [6, 6.07) is 9.39. The third-order valence-electron chi connectivity index (χ3n) is 3.08. The van der Waals surface area contributed by atoms with Gasteiger partial charge in [-0.3, -0.25) is 0 Å². The highest BCUT2D eigenvalue weighted by atomic mass is 35.5. The van der Waals surface area contributed by atoms with Crippen LogP contribution in [0, 0.1) is 13.8 Å². The zero-order chi connectivity index (χ0) is 14.7. The van der Waals surface area contributed by atoms with E-state index in [0.29, 0.717) is 16.6 Å². The molecule has 0 aliphatic rings. The smallest absolute Gasteiger partial charge is 0.133 e. The number of halogens is 2. The monoisotopic (exact) mass is 309 g/mol. The van der Waals surface area contributed by atoms with Crippen LogP contribution in [-0.2, 0) is 6.42 Å². The lowest BCUT2D eigenvalue weighted by Gasteiger charge is -2.15. The van der Waals surface area contributed by atoms with Crippen molar-refractivity contribution in [3.63, 3.8) is 0 Å². The molecule has 0 radical (unpaired) electrons. The van der Waals surface area contributed by atoms with Gasteiger partial charge in [-0.05, 0) is 67.8 Å². The zero-order valence-corrected chi connectivity index (χ0v) is 13.1. The SMILES string of the molecule is Cc1cc(Cl)cc(C)c1Oc1cc(Cl)ccc1CCN. The minimum atomic E-state index is 0.566. The van der Waals surface area contributed by atoms with Crippen molar-refractivity contribution >= 4 is 23.2 Å². The second-order valence-electron chi connectivity index (χ2n) is 4.76. The van der Waals surface area contributed by atoms with Crippen LogP contribution in [0.4, 0.5) is 0 Å². The maximum Gasteiger partial charge on any atom is 0.133 e. The molecule has 0 saturated heterocycles. The van der Waals surface area contributed by atoms with Gasteiger partial charge < -0.3 is 10.5 Å². The van der Waals surface area contributed by atoms with E-state index in [-0.39, 0.29) is 0 Å². The van der Waals surface area contributed by atoms with E-state index in [1.165, 1.54) is 0 Å². The molecule has 0 aromatic heterocycles. The van der Waals surface area contributed by atoms with Crippen LogP contribution in [0.2, 0.25) is 10.0 Å². The van der Waals surface area contributed by atoms with Crippen molar-refractivity contribution in [2.45, 2.75) is 20.3 Å². The average Bonchev–Trinajstić information content (AvgIpc) is 2.37. The standard InChI is InChI=1S/C16H17Cl2NO/c1-10-7-14(18)8-11(2)16(10)20-15-9-13(17)4-3-12(15)5-6-19/h3-4,7-9H,5-6,19H2,1-2H3. The number of nitrogens with two attached hydrogens (primary N) is 1. The summed E-state index contributed by atoms with van der Waals surface area (Å²) in [7, 11) is 0. The third kappa shape index (κ3) is 3.45. The van der Waals surface area contributed by atoms with E-state index >= 15 is 0 Å². The Kier molecular flexibility index (Phi) is 4.92. The molecule has 4 heteroatoms. The summed E-state index contributed by atoms with van der Waals surface area (Å²) in [4.78, 5) is 0. The van der Waals surface area contributed by atoms with Crippen molar-refractivity contribution in [1.82, 2.24) is 0 Å². The average molecular weight is 310 g/mol. The van der Waals surface area contributed by atoms with Crippen LogP contribution < -0.4 is 10.5 Å². The molecule has 0 fully saturated rings. The molecule has 0 aliphatic carbocycles. The normalized spacial score (nSPS) is 10.7. The zero-order valence-electron chi connectivity index (χ0n) is 11.5. The van der Waals surface area contributed by atoms with Gasteiger partial charge in [-0.1, -0.05) is 29.3 Å². The first-order chi connectivity index (χ1) is 9.51. The van der Waals surface area contributed by atoms with E-state index in [0.717, 1.165) is 34.6 Å². The molecule has 106 valence electrons. The van der Waals surface area contributed by atoms with Crippen LogP contribution >= 0.6 is 23.2 Å². The maximum absolute atomic E-state index is 6.06. The molecule has 2 nitrogen and oxygen atoms in total. The highest BCUT2D eigenvalue weighted by Gasteiger charge is 2.10. The fraction of sp³-hybridized carbons (Fsp3) is 0.250. The fourth-order valence-electron chi connectivity index (χ4n) is 2.15. The molecule has 2 N–H and O–H groups in total. The van der Waals surface area contributed by atoms with Crippen LogP contribution in [-0.4, -0.2) is 6.54 Å². The second kappa shape index (κ2) is 6.49. The first-order valence-corrected chi connectivity index (χ1v) is 7.20. The molecule has 0 amide bonds. The van der Waals surface area contributed by atoms with Gasteiger partial charge in [-0.15, -0.1) is 0 Å². The summed E-state index contributed by atoms with van der Waals surface area (Å²) in [6.07, 6.45) is 0.748. The lowest BCUT2D eigenvalue weighted by molar-refractivity contribution is 0.469. The molecule has 0 atom stereocenters. The quantitative estimate of drug-likeness (QED) is 0.871. The topological polar surface area (TPSA) is 35.2 Å². The number of ether oxygens (including phenoxy) is 1. The second-order valence-corrected chi connectivity index (χ2v) is 5.63. The van der Waals surface area contributed by atoms with Crippen molar-refractivity contribution in [1.29, 1.82) is 0 Å². The van der Waals surface area contributed by atoms with Gasteiger partial charge in [0.15, 0.2) is 0 Å². The predicted molar refractivity (Wildman–Crippen MR) is 85.2 cm³/mol. The van der Waals surface area contributed by atoms with E-state index in [1.54, 1.807) is 0 Å². The van der Waals surface area contributed by atoms with Gasteiger partial charge in [-0.2, -0.15) is 0 Å². The van der Waals surface area contributed by atoms with Crippen LogP contribution in [0.1, 0.15) is 16.7 Å². The first kappa shape index (κ1) is 15.2. The Bertz CT molecular complexity index is 603. The number of aryl methyl sites for hydroxylation is 2. The van der Waals surface area contributed by atoms with E-state index in [1.807, 2.05) is 44.2 Å². The lowest BCUT2D eigenvalue weighted by atomic mass is 10.1. The van der Waals surface area contributed by atoms with Crippen molar-refractivity contribution in [2.24, 2.45) is 5.73 Å². The minimum Gasteiger partial charge on any atom is -0.456 e. The van der Waals surface area contributed by atoms with Gasteiger partial charge in [0, 0.05) is 10.0 Å². The van der Waals surface area contributed by atoms with Crippen LogP contribution in [0.5, 0.6) is 11.5 Å². The van der Waals surface area contributed by atoms with Gasteiger partial charge in [0.25, 0.3) is 0 Å². The number of hydrogen-bond donors (Lipinski definition) is 1. The van der Waals surface area contributed by atoms with Crippen LogP contribution in [0.3, 0.4) is 0 Å². The van der Waals surface area contributed by atoms with Crippen molar-refractivity contribution < 1.29 is 4.74 Å². The molecule has 20 heavy (non-hydrogen) atoms. The minimum absolute atomic E-state index is 0.566. The van der Waals surface area contributed by atoms with Crippen molar-refractivity contribution in [3.05, 3.63) is 57.1 Å². The van der Waals surface area contributed by atoms with Gasteiger partial charge in [0.1, 0.15) is 11.5 Å². The fourth-order valence-corrected chi connectivity index (χ4v) is 2.64. The van der Waals surface area contributed by atoms with E-state index in [9.17, 15) is 0 Å². The summed E-state index contributed by atoms with van der Waals surface area (Å²) < 4.78 is 6.06. The molecular weight excluding hydrogens is 293 g/mol. The van der Waals surface area contributed by atoms with Gasteiger partial charge >= 0.3 is 0 Å². The van der Waals surface area contributed by atoms with E-state index in [2.05, 4.69) is 0 Å². The molecule has 0 bridgehead atoms. The molecule has 0 unspecified atom stereocenters. The Balaban J connectivity index is 2.41. The number of rotatable bonds is 4. The Labute approximate surface area is 129 Å². The molecule has 2 aromatic rings. The van der Waals surface area contributed by atoms with Crippen LogP contribution in [0.15, 0.2) is 30.3 Å². The van der Waals surface area contributed by atoms with E-state index < -0.39 is 0 Å². The molecule has 2 aromatic carbocycles. The highest BCUT2D eigenvalue weighted by Crippen LogP contribution is 2.34. The number of hydrogen-bond acceptors (Lipinski definition) is 2. The molecule has 0 heterocycles. The summed E-state index contributed by atoms with van der Waals surface area (Å²) in [5.74, 6) is 1.56. The Morgan fingerprint density at radius 2 is 1.65 bits per heavy atom. The van der Waals surface area contributed by atoms with Crippen LogP contribution in [0.25, 0.3) is 0 Å². The van der Waals surface area contributed by atoms with Gasteiger partial charge in [0.05, 0.1) is 0 Å². The Hall–Kier alpha value is -1.22. The lowest BCUT2D eigenvalue weighted by Crippen LogP contribution is -2.04. The summed E-state index contributed by atoms with van der Waals surface area (Å²) in [6.45, 7) is 4.51. The van der Waals surface area contributed by atoms with Gasteiger partial charge in [-0.25, -0.2) is 0 Å². The number of benzene rings is 2. The molecular formula is C16H17Cl2NO. The predicted octanol–water partition coefficient (Wildman–Crippen LogP) is 4.90. The van der Waals surface area contributed by atoms with E-state index in [4.69, 9.17) is 33.7 Å². The Morgan fingerprint density at radius 1 is 1.00 bits per heavy atom. The molecule has 0 spiro atoms. The molecule has 2 rings (SSSR count). The maximum atomic E-state index is 6.06. The summed E-state index contributed by atoms with van der Waals surface area (Å²) in [5.41, 5.74) is 8.67. The summed E-state index contributed by atoms with van der Waals surface area (Å²) >= 11 is 12.1. The van der Waals surface area contributed by atoms with Crippen molar-refractivity contribution in [2.75, 3.05) is 6.54 Å². The largest absolute Gasteiger partial charge is 0.456 e. The molecule has 0 saturated carbocycles. The Morgan fingerprint density at radius 3 is 2.25 bits per heavy atom. The highest BCUT2D eigenvalue weighted by molar-refractivity contribution is 6.31. The first-order valence-electron chi connectivity index (χ1n) is 6.44. The van der Waals surface area contributed by atoms with Gasteiger partial charge in [0.2, 0.25) is 0 Å².